The Kier molecular flexibility index (Phi) is 5.89. The molecule has 0 unspecified atom stereocenters. The largest absolute Gasteiger partial charge is 0.466 e. The number of benzene rings is 1. The molecule has 0 saturated heterocycles. The van der Waals surface area contributed by atoms with Gasteiger partial charge in [-0.15, -0.1) is 0 Å². The zero-order chi connectivity index (χ0) is 17.5. The fraction of sp³-hybridized carbons (Fsp3) is 0.278. The summed E-state index contributed by atoms with van der Waals surface area (Å²) in [4.78, 5) is 23.0. The number of nitrogens with zero attached hydrogens (tertiary/aromatic N) is 2. The lowest BCUT2D eigenvalue weighted by atomic mass is 10.1. The number of ether oxygens (including phenoxy) is 1. The standard InChI is InChI=1S/C18H21N3O3/c1-13-16(12-17(22)19-11-7-10-18(23)24-3)14(2)21(20-13)15-8-5-4-6-9-15/h4-10H,11-12H2,1-3H3,(H,19,22)/b10-7+. The molecule has 0 aliphatic rings. The van der Waals surface area contributed by atoms with E-state index in [1.165, 1.54) is 13.2 Å². The van der Waals surface area contributed by atoms with Gasteiger partial charge >= 0.3 is 5.97 Å². The van der Waals surface area contributed by atoms with Gasteiger partial charge in [0.05, 0.1) is 24.9 Å². The first-order chi connectivity index (χ1) is 11.5. The number of carbonyl (C=O) groups excluding carboxylic acids is 2. The maximum Gasteiger partial charge on any atom is 0.330 e. The average Bonchev–Trinajstić information content (AvgIpc) is 2.87. The van der Waals surface area contributed by atoms with Crippen LogP contribution in [-0.2, 0) is 20.7 Å². The van der Waals surface area contributed by atoms with E-state index in [2.05, 4.69) is 15.2 Å². The van der Waals surface area contributed by atoms with Crippen molar-refractivity contribution in [2.24, 2.45) is 0 Å². The molecule has 0 radical (unpaired) electrons. The summed E-state index contributed by atoms with van der Waals surface area (Å²) >= 11 is 0. The molecule has 1 N–H and O–H groups in total. The van der Waals surface area contributed by atoms with Gasteiger partial charge in [0.15, 0.2) is 0 Å². The first-order valence-electron chi connectivity index (χ1n) is 7.64. The van der Waals surface area contributed by atoms with Crippen molar-refractivity contribution in [1.82, 2.24) is 15.1 Å². The minimum absolute atomic E-state index is 0.122. The highest BCUT2D eigenvalue weighted by atomic mass is 16.5. The van der Waals surface area contributed by atoms with Gasteiger partial charge in [0.1, 0.15) is 0 Å². The van der Waals surface area contributed by atoms with E-state index >= 15 is 0 Å². The quantitative estimate of drug-likeness (QED) is 0.649. The third-order valence-corrected chi connectivity index (χ3v) is 3.65. The molecule has 126 valence electrons. The van der Waals surface area contributed by atoms with E-state index in [0.717, 1.165) is 22.6 Å². The van der Waals surface area contributed by atoms with Gasteiger partial charge in [0.25, 0.3) is 0 Å². The molecule has 0 bridgehead atoms. The predicted octanol–water partition coefficient (Wildman–Crippen LogP) is 1.88. The van der Waals surface area contributed by atoms with E-state index in [1.807, 2.05) is 48.9 Å². The maximum atomic E-state index is 12.1. The molecule has 6 nitrogen and oxygen atoms in total. The highest BCUT2D eigenvalue weighted by molar-refractivity contribution is 5.82. The molecule has 1 amide bonds. The number of methoxy groups -OCH3 is 1. The fourth-order valence-electron chi connectivity index (χ4n) is 2.37. The molecule has 1 aromatic heterocycles. The molecule has 0 saturated carbocycles. The summed E-state index contributed by atoms with van der Waals surface area (Å²) in [6.45, 7) is 4.12. The number of amides is 1. The minimum atomic E-state index is -0.444. The summed E-state index contributed by atoms with van der Waals surface area (Å²) in [7, 11) is 1.31. The number of aromatic nitrogens is 2. The predicted molar refractivity (Wildman–Crippen MR) is 90.9 cm³/mol. The number of carbonyl (C=O) groups is 2. The summed E-state index contributed by atoms with van der Waals surface area (Å²) < 4.78 is 6.32. The van der Waals surface area contributed by atoms with E-state index in [0.29, 0.717) is 0 Å². The van der Waals surface area contributed by atoms with Gasteiger partial charge in [0, 0.05) is 23.9 Å². The lowest BCUT2D eigenvalue weighted by Crippen LogP contribution is -2.25. The maximum absolute atomic E-state index is 12.1. The Balaban J connectivity index is 2.03. The molecular formula is C18H21N3O3. The first-order valence-corrected chi connectivity index (χ1v) is 7.64. The molecule has 0 fully saturated rings. The molecule has 2 aromatic rings. The van der Waals surface area contributed by atoms with Gasteiger partial charge in [-0.3, -0.25) is 4.79 Å². The van der Waals surface area contributed by atoms with Gasteiger partial charge in [0.2, 0.25) is 5.91 Å². The van der Waals surface area contributed by atoms with Crippen LogP contribution in [0.15, 0.2) is 42.5 Å². The second kappa shape index (κ2) is 8.10. The lowest BCUT2D eigenvalue weighted by Gasteiger charge is -2.05. The van der Waals surface area contributed by atoms with Crippen LogP contribution in [0.3, 0.4) is 0 Å². The van der Waals surface area contributed by atoms with E-state index < -0.39 is 5.97 Å². The Morgan fingerprint density at radius 1 is 1.25 bits per heavy atom. The van der Waals surface area contributed by atoms with Crippen LogP contribution >= 0.6 is 0 Å². The van der Waals surface area contributed by atoms with Crippen molar-refractivity contribution in [3.63, 3.8) is 0 Å². The zero-order valence-electron chi connectivity index (χ0n) is 14.1. The Hall–Kier alpha value is -2.89. The zero-order valence-corrected chi connectivity index (χ0v) is 14.1. The Labute approximate surface area is 141 Å². The normalized spacial score (nSPS) is 10.8. The SMILES string of the molecule is COC(=O)/C=C/CNC(=O)Cc1c(C)nn(-c2ccccc2)c1C. The molecule has 6 heteroatoms. The molecule has 0 atom stereocenters. The van der Waals surface area contributed by atoms with Crippen molar-refractivity contribution in [2.75, 3.05) is 13.7 Å². The molecule has 0 aliphatic heterocycles. The molecule has 0 aliphatic carbocycles. The number of aryl methyl sites for hydroxylation is 1. The molecule has 1 aromatic carbocycles. The summed E-state index contributed by atoms with van der Waals surface area (Å²) in [5, 5.41) is 7.27. The first kappa shape index (κ1) is 17.5. The second-order valence-electron chi connectivity index (χ2n) is 5.30. The number of hydrogen-bond acceptors (Lipinski definition) is 4. The second-order valence-corrected chi connectivity index (χ2v) is 5.30. The minimum Gasteiger partial charge on any atom is -0.466 e. The van der Waals surface area contributed by atoms with Crippen LogP contribution in [0, 0.1) is 13.8 Å². The van der Waals surface area contributed by atoms with E-state index in [4.69, 9.17) is 0 Å². The molecule has 2 rings (SSSR count). The Morgan fingerprint density at radius 3 is 2.62 bits per heavy atom. The third kappa shape index (κ3) is 4.32. The molecule has 24 heavy (non-hydrogen) atoms. The molecular weight excluding hydrogens is 306 g/mol. The smallest absolute Gasteiger partial charge is 0.330 e. The van der Waals surface area contributed by atoms with Crippen molar-refractivity contribution in [3.05, 3.63) is 59.4 Å². The van der Waals surface area contributed by atoms with Gasteiger partial charge in [-0.1, -0.05) is 24.3 Å². The Bertz CT molecular complexity index is 748. The average molecular weight is 327 g/mol. The monoisotopic (exact) mass is 327 g/mol. The number of esters is 1. The van der Waals surface area contributed by atoms with E-state index in [9.17, 15) is 9.59 Å². The van der Waals surface area contributed by atoms with Crippen LogP contribution in [0.4, 0.5) is 0 Å². The summed E-state index contributed by atoms with van der Waals surface area (Å²) in [6, 6.07) is 9.80. The van der Waals surface area contributed by atoms with Crippen LogP contribution < -0.4 is 5.32 Å². The number of para-hydroxylation sites is 1. The van der Waals surface area contributed by atoms with Crippen molar-refractivity contribution >= 4 is 11.9 Å². The summed E-state index contributed by atoms with van der Waals surface area (Å²) in [5.74, 6) is -0.566. The van der Waals surface area contributed by atoms with Crippen molar-refractivity contribution in [1.29, 1.82) is 0 Å². The molecule has 1 heterocycles. The Morgan fingerprint density at radius 2 is 1.96 bits per heavy atom. The van der Waals surface area contributed by atoms with Crippen LogP contribution in [0.5, 0.6) is 0 Å². The van der Waals surface area contributed by atoms with Gasteiger partial charge in [-0.25, -0.2) is 9.48 Å². The molecule has 0 spiro atoms. The van der Waals surface area contributed by atoms with Crippen molar-refractivity contribution in [2.45, 2.75) is 20.3 Å². The van der Waals surface area contributed by atoms with E-state index in [1.54, 1.807) is 6.08 Å². The summed E-state index contributed by atoms with van der Waals surface area (Å²) in [5.41, 5.74) is 3.65. The highest BCUT2D eigenvalue weighted by Crippen LogP contribution is 2.18. The summed E-state index contributed by atoms with van der Waals surface area (Å²) in [6.07, 6.45) is 3.08. The topological polar surface area (TPSA) is 73.2 Å². The van der Waals surface area contributed by atoms with Gasteiger partial charge < -0.3 is 10.1 Å². The van der Waals surface area contributed by atoms with Crippen molar-refractivity contribution < 1.29 is 14.3 Å². The van der Waals surface area contributed by atoms with Crippen molar-refractivity contribution in [3.8, 4) is 5.69 Å². The van der Waals surface area contributed by atoms with Crippen LogP contribution in [0.25, 0.3) is 5.69 Å². The van der Waals surface area contributed by atoms with Gasteiger partial charge in [-0.05, 0) is 26.0 Å². The number of nitrogens with one attached hydrogen (secondary N) is 1. The lowest BCUT2D eigenvalue weighted by molar-refractivity contribution is -0.134. The van der Waals surface area contributed by atoms with Crippen LogP contribution in [0.2, 0.25) is 0 Å². The highest BCUT2D eigenvalue weighted by Gasteiger charge is 2.15. The number of rotatable bonds is 6. The van der Waals surface area contributed by atoms with E-state index in [-0.39, 0.29) is 18.9 Å². The fourth-order valence-corrected chi connectivity index (χ4v) is 2.37. The van der Waals surface area contributed by atoms with Crippen LogP contribution in [-0.4, -0.2) is 35.3 Å². The van der Waals surface area contributed by atoms with Gasteiger partial charge in [-0.2, -0.15) is 5.10 Å². The third-order valence-electron chi connectivity index (χ3n) is 3.65. The number of hydrogen-bond donors (Lipinski definition) is 1. The van der Waals surface area contributed by atoms with Crippen LogP contribution in [0.1, 0.15) is 17.0 Å².